The Kier molecular flexibility index (Phi) is 5.83. The molecule has 0 amide bonds. The molecule has 2 unspecified atom stereocenters. The summed E-state index contributed by atoms with van der Waals surface area (Å²) < 4.78 is 5.83. The van der Waals surface area contributed by atoms with Gasteiger partial charge >= 0.3 is 0 Å². The van der Waals surface area contributed by atoms with Crippen molar-refractivity contribution in [2.75, 3.05) is 13.7 Å². The lowest BCUT2D eigenvalue weighted by molar-refractivity contribution is 0.0953. The van der Waals surface area contributed by atoms with Gasteiger partial charge in [-0.2, -0.15) is 0 Å². The van der Waals surface area contributed by atoms with Gasteiger partial charge in [0.15, 0.2) is 0 Å². The first-order chi connectivity index (χ1) is 10.0. The van der Waals surface area contributed by atoms with Gasteiger partial charge in [0.1, 0.15) is 0 Å². The Morgan fingerprint density at radius 3 is 2.43 bits per heavy atom. The van der Waals surface area contributed by atoms with E-state index in [0.717, 1.165) is 13.0 Å². The van der Waals surface area contributed by atoms with Crippen LogP contribution in [-0.4, -0.2) is 19.8 Å². The molecular weight excluding hydrogens is 258 g/mol. The van der Waals surface area contributed by atoms with E-state index in [1.54, 1.807) is 0 Å². The zero-order valence-corrected chi connectivity index (χ0v) is 14.3. The molecule has 1 aliphatic heterocycles. The Labute approximate surface area is 130 Å². The van der Waals surface area contributed by atoms with Crippen molar-refractivity contribution < 1.29 is 4.74 Å². The Balaban J connectivity index is 2.26. The first-order valence-corrected chi connectivity index (χ1v) is 8.45. The van der Waals surface area contributed by atoms with Crippen LogP contribution < -0.4 is 5.32 Å². The van der Waals surface area contributed by atoms with Crippen LogP contribution in [0.2, 0.25) is 0 Å². The van der Waals surface area contributed by atoms with Crippen LogP contribution in [0.25, 0.3) is 0 Å². The largest absolute Gasteiger partial charge is 0.378 e. The smallest absolute Gasteiger partial charge is 0.0594 e. The maximum atomic E-state index is 5.83. The van der Waals surface area contributed by atoms with E-state index in [-0.39, 0.29) is 0 Å². The molecule has 2 nitrogen and oxygen atoms in total. The van der Waals surface area contributed by atoms with Crippen LogP contribution in [0.15, 0.2) is 18.2 Å². The lowest BCUT2D eigenvalue weighted by Gasteiger charge is -2.25. The highest BCUT2D eigenvalue weighted by atomic mass is 16.5. The Morgan fingerprint density at radius 2 is 1.90 bits per heavy atom. The van der Waals surface area contributed by atoms with E-state index in [0.29, 0.717) is 24.0 Å². The van der Waals surface area contributed by atoms with Crippen molar-refractivity contribution in [3.63, 3.8) is 0 Å². The molecule has 1 saturated heterocycles. The number of ether oxygens (including phenoxy) is 1. The summed E-state index contributed by atoms with van der Waals surface area (Å²) in [4.78, 5) is 0. The number of benzene rings is 1. The number of hydrogen-bond donors (Lipinski definition) is 1. The van der Waals surface area contributed by atoms with Crippen molar-refractivity contribution in [1.29, 1.82) is 0 Å². The fourth-order valence-corrected chi connectivity index (χ4v) is 3.26. The van der Waals surface area contributed by atoms with Gasteiger partial charge in [-0.15, -0.1) is 0 Å². The Morgan fingerprint density at radius 1 is 1.14 bits per heavy atom. The van der Waals surface area contributed by atoms with Crippen LogP contribution in [0.5, 0.6) is 0 Å². The zero-order chi connectivity index (χ0) is 15.4. The highest BCUT2D eigenvalue weighted by Crippen LogP contribution is 2.32. The average Bonchev–Trinajstić information content (AvgIpc) is 2.97. The lowest BCUT2D eigenvalue weighted by Crippen LogP contribution is -2.23. The van der Waals surface area contributed by atoms with Crippen molar-refractivity contribution in [1.82, 2.24) is 5.32 Å². The Hall–Kier alpha value is -0.860. The van der Waals surface area contributed by atoms with Crippen molar-refractivity contribution in [2.45, 2.75) is 70.9 Å². The van der Waals surface area contributed by atoms with Gasteiger partial charge in [0.25, 0.3) is 0 Å². The predicted octanol–water partition coefficient (Wildman–Crippen LogP) is 4.76. The molecule has 0 aliphatic carbocycles. The minimum Gasteiger partial charge on any atom is -0.378 e. The van der Waals surface area contributed by atoms with E-state index in [1.807, 2.05) is 0 Å². The highest BCUT2D eigenvalue weighted by molar-refractivity contribution is 5.37. The average molecular weight is 289 g/mol. The normalized spacial score (nSPS) is 20.4. The van der Waals surface area contributed by atoms with Crippen LogP contribution >= 0.6 is 0 Å². The summed E-state index contributed by atoms with van der Waals surface area (Å²) >= 11 is 0. The summed E-state index contributed by atoms with van der Waals surface area (Å²) in [5, 5.41) is 3.51. The first-order valence-electron chi connectivity index (χ1n) is 8.45. The summed E-state index contributed by atoms with van der Waals surface area (Å²) in [5.74, 6) is 1.14. The van der Waals surface area contributed by atoms with Crippen molar-refractivity contribution in [3.05, 3.63) is 34.9 Å². The molecule has 2 atom stereocenters. The van der Waals surface area contributed by atoms with Crippen molar-refractivity contribution in [3.8, 4) is 0 Å². The van der Waals surface area contributed by atoms with E-state index in [1.165, 1.54) is 29.5 Å². The van der Waals surface area contributed by atoms with Crippen LogP contribution in [0, 0.1) is 0 Å². The molecule has 118 valence electrons. The third-order valence-corrected chi connectivity index (χ3v) is 4.65. The number of rotatable bonds is 6. The standard InChI is InChI=1S/C19H31NO/c1-13(2)15-8-9-17(18(11-15)14(3)4)19(20-5)12-16-7-6-10-21-16/h8-9,11,13-14,16,19-20H,6-7,10,12H2,1-5H3. The van der Waals surface area contributed by atoms with Gasteiger partial charge in [-0.3, -0.25) is 0 Å². The fraction of sp³-hybridized carbons (Fsp3) is 0.684. The molecular formula is C19H31NO. The molecule has 1 aromatic rings. The number of hydrogen-bond acceptors (Lipinski definition) is 2. The van der Waals surface area contributed by atoms with Gasteiger partial charge in [-0.25, -0.2) is 0 Å². The second-order valence-corrected chi connectivity index (χ2v) is 6.91. The van der Waals surface area contributed by atoms with Gasteiger partial charge in [-0.05, 0) is 54.8 Å². The van der Waals surface area contributed by atoms with Crippen LogP contribution in [0.1, 0.15) is 81.5 Å². The summed E-state index contributed by atoms with van der Waals surface area (Å²) in [6.45, 7) is 10.1. The second-order valence-electron chi connectivity index (χ2n) is 6.91. The third kappa shape index (κ3) is 4.08. The summed E-state index contributed by atoms with van der Waals surface area (Å²) in [6.07, 6.45) is 3.92. The molecule has 1 aliphatic rings. The van der Waals surface area contributed by atoms with E-state index in [4.69, 9.17) is 4.74 Å². The van der Waals surface area contributed by atoms with Gasteiger partial charge in [-0.1, -0.05) is 45.9 Å². The Bertz CT molecular complexity index is 447. The molecule has 0 bridgehead atoms. The molecule has 2 rings (SSSR count). The van der Waals surface area contributed by atoms with Gasteiger partial charge in [0.2, 0.25) is 0 Å². The van der Waals surface area contributed by atoms with E-state index in [9.17, 15) is 0 Å². The topological polar surface area (TPSA) is 21.3 Å². The third-order valence-electron chi connectivity index (χ3n) is 4.65. The van der Waals surface area contributed by atoms with Gasteiger partial charge in [0.05, 0.1) is 6.10 Å². The van der Waals surface area contributed by atoms with E-state index in [2.05, 4.69) is 58.3 Å². The summed E-state index contributed by atoms with van der Waals surface area (Å²) in [5.41, 5.74) is 4.38. The molecule has 21 heavy (non-hydrogen) atoms. The van der Waals surface area contributed by atoms with Crippen molar-refractivity contribution in [2.24, 2.45) is 0 Å². The summed E-state index contributed by atoms with van der Waals surface area (Å²) in [7, 11) is 2.07. The maximum Gasteiger partial charge on any atom is 0.0594 e. The van der Waals surface area contributed by atoms with Crippen LogP contribution in [0.3, 0.4) is 0 Å². The minimum absolute atomic E-state index is 0.395. The molecule has 0 radical (unpaired) electrons. The molecule has 0 saturated carbocycles. The van der Waals surface area contributed by atoms with Crippen LogP contribution in [0.4, 0.5) is 0 Å². The van der Waals surface area contributed by atoms with E-state index < -0.39 is 0 Å². The zero-order valence-electron chi connectivity index (χ0n) is 14.3. The van der Waals surface area contributed by atoms with Gasteiger partial charge in [0, 0.05) is 12.6 Å². The maximum absolute atomic E-state index is 5.83. The summed E-state index contributed by atoms with van der Waals surface area (Å²) in [6, 6.07) is 7.43. The van der Waals surface area contributed by atoms with Crippen molar-refractivity contribution >= 4 is 0 Å². The molecule has 1 aromatic carbocycles. The quantitative estimate of drug-likeness (QED) is 0.815. The van der Waals surface area contributed by atoms with Gasteiger partial charge < -0.3 is 10.1 Å². The monoisotopic (exact) mass is 289 g/mol. The fourth-order valence-electron chi connectivity index (χ4n) is 3.26. The molecule has 1 N–H and O–H groups in total. The minimum atomic E-state index is 0.395. The molecule has 0 spiro atoms. The van der Waals surface area contributed by atoms with E-state index >= 15 is 0 Å². The van der Waals surface area contributed by atoms with Crippen LogP contribution in [-0.2, 0) is 4.74 Å². The first kappa shape index (κ1) is 16.5. The molecule has 1 fully saturated rings. The SMILES string of the molecule is CNC(CC1CCCO1)c1ccc(C(C)C)cc1C(C)C. The predicted molar refractivity (Wildman–Crippen MR) is 90.0 cm³/mol. The lowest BCUT2D eigenvalue weighted by atomic mass is 9.87. The molecule has 0 aromatic heterocycles. The second kappa shape index (κ2) is 7.42. The molecule has 1 heterocycles. The number of nitrogens with one attached hydrogen (secondary N) is 1. The highest BCUT2D eigenvalue weighted by Gasteiger charge is 2.23. The molecule has 2 heteroatoms.